The summed E-state index contributed by atoms with van der Waals surface area (Å²) in [4.78, 5) is 24.3. The van der Waals surface area contributed by atoms with Gasteiger partial charge in [0.25, 0.3) is 5.91 Å². The average Bonchev–Trinajstić information content (AvgIpc) is 2.93. The Bertz CT molecular complexity index is 582. The minimum Gasteiger partial charge on any atom is -0.423 e. The quantitative estimate of drug-likeness (QED) is 0.375. The second-order valence-electron chi connectivity index (χ2n) is 5.48. The van der Waals surface area contributed by atoms with Crippen molar-refractivity contribution in [3.8, 4) is 0 Å². The number of benzene rings is 1. The first kappa shape index (κ1) is 17.5. The number of carbonyl (C=O) groups excluding carboxylic acids is 2. The molecule has 1 atom stereocenters. The maximum atomic E-state index is 12.3. The van der Waals surface area contributed by atoms with Crippen LogP contribution in [0.2, 0.25) is 0 Å². The van der Waals surface area contributed by atoms with Crippen molar-refractivity contribution in [3.63, 3.8) is 0 Å². The zero-order chi connectivity index (χ0) is 16.8. The molecule has 0 bridgehead atoms. The first-order chi connectivity index (χ1) is 11.1. The number of nitrogens with two attached hydrogens (primary N) is 1. The Hall–Kier alpha value is -1.90. The SMILES string of the molecule is CCCCNC(=O)[C@@H](CN)NC(=O)c1ccc2c(c1)B(O)OC2. The van der Waals surface area contributed by atoms with Gasteiger partial charge < -0.3 is 26.0 Å². The number of nitrogens with one attached hydrogen (secondary N) is 2. The van der Waals surface area contributed by atoms with E-state index in [1.165, 1.54) is 0 Å². The second-order valence-corrected chi connectivity index (χ2v) is 5.48. The summed E-state index contributed by atoms with van der Waals surface area (Å²) in [6.07, 6.45) is 1.85. The number of carbonyl (C=O) groups is 2. The molecule has 1 heterocycles. The molecular weight excluding hydrogens is 297 g/mol. The number of hydrogen-bond acceptors (Lipinski definition) is 5. The van der Waals surface area contributed by atoms with Crippen LogP contribution in [-0.2, 0) is 16.1 Å². The van der Waals surface area contributed by atoms with E-state index in [1.807, 2.05) is 6.92 Å². The molecule has 8 heteroatoms. The monoisotopic (exact) mass is 319 g/mol. The van der Waals surface area contributed by atoms with Crippen LogP contribution in [0.1, 0.15) is 35.7 Å². The van der Waals surface area contributed by atoms with E-state index in [1.54, 1.807) is 18.2 Å². The third kappa shape index (κ3) is 4.31. The van der Waals surface area contributed by atoms with E-state index in [9.17, 15) is 14.6 Å². The molecule has 1 aromatic rings. The van der Waals surface area contributed by atoms with Crippen LogP contribution in [0.3, 0.4) is 0 Å². The van der Waals surface area contributed by atoms with E-state index >= 15 is 0 Å². The summed E-state index contributed by atoms with van der Waals surface area (Å²) in [5.41, 5.74) is 7.36. The van der Waals surface area contributed by atoms with Gasteiger partial charge in [-0.2, -0.15) is 0 Å². The van der Waals surface area contributed by atoms with Gasteiger partial charge >= 0.3 is 7.12 Å². The number of amides is 2. The maximum Gasteiger partial charge on any atom is 0.491 e. The Morgan fingerprint density at radius 2 is 2.26 bits per heavy atom. The van der Waals surface area contributed by atoms with E-state index in [0.717, 1.165) is 18.4 Å². The lowest BCUT2D eigenvalue weighted by molar-refractivity contribution is -0.122. The Balaban J connectivity index is 1.99. The molecular formula is C15H22BN3O4. The summed E-state index contributed by atoms with van der Waals surface area (Å²) in [5.74, 6) is -0.702. The lowest BCUT2D eigenvalue weighted by atomic mass is 9.79. The van der Waals surface area contributed by atoms with Gasteiger partial charge in [-0.3, -0.25) is 9.59 Å². The molecule has 0 fully saturated rings. The van der Waals surface area contributed by atoms with Crippen LogP contribution in [0.5, 0.6) is 0 Å². The Labute approximate surface area is 135 Å². The highest BCUT2D eigenvalue weighted by molar-refractivity contribution is 6.61. The molecule has 0 saturated carbocycles. The number of unbranched alkanes of at least 4 members (excludes halogenated alkanes) is 1. The minimum absolute atomic E-state index is 0.0143. The van der Waals surface area contributed by atoms with Gasteiger partial charge in [-0.05, 0) is 29.6 Å². The molecule has 0 saturated heterocycles. The van der Waals surface area contributed by atoms with Gasteiger partial charge in [0.05, 0.1) is 6.61 Å². The van der Waals surface area contributed by atoms with Crippen LogP contribution < -0.4 is 21.8 Å². The van der Waals surface area contributed by atoms with Gasteiger partial charge in [0.15, 0.2) is 0 Å². The van der Waals surface area contributed by atoms with Crippen molar-refractivity contribution >= 4 is 24.4 Å². The largest absolute Gasteiger partial charge is 0.491 e. The first-order valence-corrected chi connectivity index (χ1v) is 7.78. The fourth-order valence-electron chi connectivity index (χ4n) is 2.34. The molecule has 0 aromatic heterocycles. The fourth-order valence-corrected chi connectivity index (χ4v) is 2.34. The predicted octanol–water partition coefficient (Wildman–Crippen LogP) is -1.12. The van der Waals surface area contributed by atoms with Gasteiger partial charge in [0, 0.05) is 18.7 Å². The maximum absolute atomic E-state index is 12.3. The molecule has 0 radical (unpaired) electrons. The highest BCUT2D eigenvalue weighted by Gasteiger charge is 2.28. The smallest absolute Gasteiger partial charge is 0.423 e. The van der Waals surface area contributed by atoms with Crippen LogP contribution >= 0.6 is 0 Å². The van der Waals surface area contributed by atoms with Crippen molar-refractivity contribution in [1.29, 1.82) is 0 Å². The third-order valence-electron chi connectivity index (χ3n) is 3.76. The molecule has 2 amide bonds. The summed E-state index contributed by atoms with van der Waals surface area (Å²) in [5, 5.41) is 15.1. The van der Waals surface area contributed by atoms with Crippen molar-refractivity contribution in [1.82, 2.24) is 10.6 Å². The summed E-state index contributed by atoms with van der Waals surface area (Å²) in [6, 6.07) is 4.16. The topological polar surface area (TPSA) is 114 Å². The van der Waals surface area contributed by atoms with Crippen molar-refractivity contribution in [2.75, 3.05) is 13.1 Å². The molecule has 0 aliphatic carbocycles. The van der Waals surface area contributed by atoms with E-state index in [2.05, 4.69) is 10.6 Å². The van der Waals surface area contributed by atoms with Crippen LogP contribution in [-0.4, -0.2) is 43.1 Å². The van der Waals surface area contributed by atoms with Gasteiger partial charge in [-0.15, -0.1) is 0 Å². The molecule has 124 valence electrons. The number of rotatable bonds is 7. The third-order valence-corrected chi connectivity index (χ3v) is 3.76. The minimum atomic E-state index is -1.01. The second kappa shape index (κ2) is 8.10. The number of hydrogen-bond donors (Lipinski definition) is 4. The summed E-state index contributed by atoms with van der Waals surface area (Å²) in [7, 11) is -1.01. The molecule has 0 spiro atoms. The molecule has 5 N–H and O–H groups in total. The van der Waals surface area contributed by atoms with Crippen molar-refractivity contribution in [2.24, 2.45) is 5.73 Å². The molecule has 1 aromatic carbocycles. The van der Waals surface area contributed by atoms with Crippen molar-refractivity contribution < 1.29 is 19.3 Å². The van der Waals surface area contributed by atoms with Gasteiger partial charge in [-0.25, -0.2) is 0 Å². The molecule has 0 unspecified atom stereocenters. The summed E-state index contributed by atoms with van der Waals surface area (Å²) < 4.78 is 5.09. The van der Waals surface area contributed by atoms with Crippen LogP contribution in [0.25, 0.3) is 0 Å². The van der Waals surface area contributed by atoms with Gasteiger partial charge in [0.2, 0.25) is 5.91 Å². The zero-order valence-electron chi connectivity index (χ0n) is 13.2. The first-order valence-electron chi connectivity index (χ1n) is 7.78. The van der Waals surface area contributed by atoms with Crippen LogP contribution in [0, 0.1) is 0 Å². The highest BCUT2D eigenvalue weighted by Crippen LogP contribution is 2.11. The van der Waals surface area contributed by atoms with E-state index in [4.69, 9.17) is 10.4 Å². The van der Waals surface area contributed by atoms with Crippen LogP contribution in [0.4, 0.5) is 0 Å². The van der Waals surface area contributed by atoms with Crippen molar-refractivity contribution in [3.05, 3.63) is 29.3 Å². The van der Waals surface area contributed by atoms with Crippen molar-refractivity contribution in [2.45, 2.75) is 32.4 Å². The van der Waals surface area contributed by atoms with E-state index < -0.39 is 19.1 Å². The van der Waals surface area contributed by atoms with E-state index in [0.29, 0.717) is 24.2 Å². The standard InChI is InChI=1S/C15H22BN3O4/c1-2-3-6-18-15(21)13(8-17)19-14(20)10-4-5-11-9-23-16(22)12(11)7-10/h4-5,7,13,22H,2-3,6,8-9,17H2,1H3,(H,18,21)(H,19,20)/t13-/m1/s1. The molecule has 1 aliphatic heterocycles. The molecule has 23 heavy (non-hydrogen) atoms. The Kier molecular flexibility index (Phi) is 6.15. The summed E-state index contributed by atoms with van der Waals surface area (Å²) >= 11 is 0. The number of fused-ring (bicyclic) bond motifs is 1. The average molecular weight is 319 g/mol. The van der Waals surface area contributed by atoms with Gasteiger partial charge in [0.1, 0.15) is 6.04 Å². The fraction of sp³-hybridized carbons (Fsp3) is 0.467. The lowest BCUT2D eigenvalue weighted by Crippen LogP contribution is -2.51. The van der Waals surface area contributed by atoms with E-state index in [-0.39, 0.29) is 12.5 Å². The molecule has 1 aliphatic rings. The molecule has 2 rings (SSSR count). The predicted molar refractivity (Wildman–Crippen MR) is 87.1 cm³/mol. The highest BCUT2D eigenvalue weighted by atomic mass is 16.5. The van der Waals surface area contributed by atoms with Crippen LogP contribution in [0.15, 0.2) is 18.2 Å². The normalized spacial score (nSPS) is 14.3. The Morgan fingerprint density at radius 1 is 1.48 bits per heavy atom. The lowest BCUT2D eigenvalue weighted by Gasteiger charge is -2.17. The van der Waals surface area contributed by atoms with Gasteiger partial charge in [-0.1, -0.05) is 19.4 Å². The molecule has 7 nitrogen and oxygen atoms in total. The Morgan fingerprint density at radius 3 is 2.96 bits per heavy atom. The zero-order valence-corrected chi connectivity index (χ0v) is 13.2. The summed E-state index contributed by atoms with van der Waals surface area (Å²) in [6.45, 7) is 2.93.